The van der Waals surface area contributed by atoms with Gasteiger partial charge in [-0.3, -0.25) is 0 Å². The molecule has 1 radical (unpaired) electrons. The molecule has 1 aliphatic heterocycles. The van der Waals surface area contributed by atoms with Gasteiger partial charge in [-0.05, 0) is 6.42 Å². The van der Waals surface area contributed by atoms with Crippen LogP contribution in [0.2, 0.25) is 0 Å². The standard InChI is InChI=1S/C9H19N2/c1-2-3-4-5-9-8-10-6-7-11-9/h9-10H,2-8H2,1H3. The second-order valence-corrected chi connectivity index (χ2v) is 3.26. The molecule has 11 heavy (non-hydrogen) atoms. The predicted molar refractivity (Wildman–Crippen MR) is 47.8 cm³/mol. The van der Waals surface area contributed by atoms with Gasteiger partial charge in [-0.25, -0.2) is 5.32 Å². The van der Waals surface area contributed by atoms with Crippen molar-refractivity contribution in [3.8, 4) is 0 Å². The lowest BCUT2D eigenvalue weighted by Crippen LogP contribution is -2.43. The molecule has 0 spiro atoms. The summed E-state index contributed by atoms with van der Waals surface area (Å²) in [4.78, 5) is 0. The van der Waals surface area contributed by atoms with Crippen molar-refractivity contribution in [2.45, 2.75) is 38.6 Å². The molecular formula is C9H19N2. The molecule has 1 aliphatic rings. The van der Waals surface area contributed by atoms with Crippen LogP contribution in [0.25, 0.3) is 0 Å². The van der Waals surface area contributed by atoms with Gasteiger partial charge < -0.3 is 5.32 Å². The van der Waals surface area contributed by atoms with Crippen LogP contribution in [0.4, 0.5) is 0 Å². The van der Waals surface area contributed by atoms with E-state index < -0.39 is 0 Å². The average molecular weight is 155 g/mol. The molecule has 2 nitrogen and oxygen atoms in total. The number of nitrogens with one attached hydrogen (secondary N) is 1. The first-order chi connectivity index (χ1) is 5.43. The Hall–Kier alpha value is -0.0800. The van der Waals surface area contributed by atoms with Crippen LogP contribution in [-0.4, -0.2) is 25.7 Å². The maximum Gasteiger partial charge on any atom is 0.0371 e. The summed E-state index contributed by atoms with van der Waals surface area (Å²) < 4.78 is 0. The minimum absolute atomic E-state index is 0.621. The molecule has 1 fully saturated rings. The van der Waals surface area contributed by atoms with Crippen LogP contribution in [0.3, 0.4) is 0 Å². The van der Waals surface area contributed by atoms with Gasteiger partial charge in [0.15, 0.2) is 0 Å². The zero-order chi connectivity index (χ0) is 7.94. The summed E-state index contributed by atoms with van der Waals surface area (Å²) >= 11 is 0. The number of unbranched alkanes of at least 4 members (excludes halogenated alkanes) is 2. The maximum atomic E-state index is 4.54. The largest absolute Gasteiger partial charge is 0.314 e. The van der Waals surface area contributed by atoms with Crippen LogP contribution >= 0.6 is 0 Å². The summed E-state index contributed by atoms with van der Waals surface area (Å²) in [5.74, 6) is 0. The summed E-state index contributed by atoms with van der Waals surface area (Å²) in [6.45, 7) is 5.47. The van der Waals surface area contributed by atoms with Crippen molar-refractivity contribution in [2.24, 2.45) is 0 Å². The maximum absolute atomic E-state index is 4.54. The minimum Gasteiger partial charge on any atom is -0.314 e. The Morgan fingerprint density at radius 3 is 3.00 bits per heavy atom. The number of hydrogen-bond donors (Lipinski definition) is 1. The fourth-order valence-corrected chi connectivity index (χ4v) is 1.48. The molecule has 0 amide bonds. The monoisotopic (exact) mass is 155 g/mol. The molecule has 0 aromatic heterocycles. The highest BCUT2D eigenvalue weighted by molar-refractivity contribution is 4.74. The normalized spacial score (nSPS) is 25.4. The molecule has 0 bridgehead atoms. The number of rotatable bonds is 4. The second kappa shape index (κ2) is 5.56. The van der Waals surface area contributed by atoms with Gasteiger partial charge in [-0.15, -0.1) is 0 Å². The van der Waals surface area contributed by atoms with Gasteiger partial charge in [-0.1, -0.05) is 26.2 Å². The molecule has 2 heteroatoms. The summed E-state index contributed by atoms with van der Waals surface area (Å²) in [6, 6.07) is 0.621. The molecule has 1 heterocycles. The Bertz CT molecular complexity index is 87.6. The first kappa shape index (κ1) is 9.01. The van der Waals surface area contributed by atoms with Crippen LogP contribution in [0.15, 0.2) is 0 Å². The summed E-state index contributed by atoms with van der Waals surface area (Å²) in [7, 11) is 0. The van der Waals surface area contributed by atoms with Crippen molar-refractivity contribution in [1.29, 1.82) is 0 Å². The van der Waals surface area contributed by atoms with E-state index in [0.29, 0.717) is 6.04 Å². The Kier molecular flexibility index (Phi) is 4.55. The number of piperazine rings is 1. The molecule has 0 aromatic rings. The zero-order valence-corrected chi connectivity index (χ0v) is 7.47. The third-order valence-corrected chi connectivity index (χ3v) is 2.20. The average Bonchev–Trinajstić information content (AvgIpc) is 2.07. The zero-order valence-electron chi connectivity index (χ0n) is 7.47. The summed E-state index contributed by atoms with van der Waals surface area (Å²) in [5.41, 5.74) is 0. The SMILES string of the molecule is CCCCCC1CNCC[N]1. The molecule has 1 rings (SSSR count). The Morgan fingerprint density at radius 1 is 1.45 bits per heavy atom. The van der Waals surface area contributed by atoms with E-state index in [1.54, 1.807) is 0 Å². The quantitative estimate of drug-likeness (QED) is 0.605. The Balaban J connectivity index is 1.96. The smallest absolute Gasteiger partial charge is 0.0371 e. The fraction of sp³-hybridized carbons (Fsp3) is 1.00. The molecule has 1 saturated heterocycles. The van der Waals surface area contributed by atoms with Gasteiger partial charge in [0.1, 0.15) is 0 Å². The van der Waals surface area contributed by atoms with Gasteiger partial charge in [0.2, 0.25) is 0 Å². The van der Waals surface area contributed by atoms with E-state index in [4.69, 9.17) is 0 Å². The molecule has 0 aromatic carbocycles. The first-order valence-electron chi connectivity index (χ1n) is 4.81. The molecule has 0 saturated carbocycles. The minimum atomic E-state index is 0.621. The lowest BCUT2D eigenvalue weighted by molar-refractivity contribution is 0.381. The topological polar surface area (TPSA) is 26.1 Å². The molecular weight excluding hydrogens is 136 g/mol. The van der Waals surface area contributed by atoms with Gasteiger partial charge >= 0.3 is 0 Å². The highest BCUT2D eigenvalue weighted by Crippen LogP contribution is 2.04. The third-order valence-electron chi connectivity index (χ3n) is 2.20. The number of hydrogen-bond acceptors (Lipinski definition) is 1. The van der Waals surface area contributed by atoms with Crippen molar-refractivity contribution >= 4 is 0 Å². The van der Waals surface area contributed by atoms with Crippen LogP contribution in [0.1, 0.15) is 32.6 Å². The molecule has 1 atom stereocenters. The van der Waals surface area contributed by atoms with Crippen LogP contribution in [0, 0.1) is 0 Å². The summed E-state index contributed by atoms with van der Waals surface area (Å²) in [6.07, 6.45) is 5.33. The van der Waals surface area contributed by atoms with E-state index in [0.717, 1.165) is 19.6 Å². The van der Waals surface area contributed by atoms with E-state index >= 15 is 0 Å². The van der Waals surface area contributed by atoms with Gasteiger partial charge in [0.05, 0.1) is 0 Å². The van der Waals surface area contributed by atoms with Crippen molar-refractivity contribution in [3.63, 3.8) is 0 Å². The van der Waals surface area contributed by atoms with Crippen molar-refractivity contribution in [3.05, 3.63) is 0 Å². The van der Waals surface area contributed by atoms with E-state index in [1.807, 2.05) is 0 Å². The van der Waals surface area contributed by atoms with Crippen molar-refractivity contribution in [2.75, 3.05) is 19.6 Å². The highest BCUT2D eigenvalue weighted by Gasteiger charge is 2.11. The number of nitrogens with zero attached hydrogens (tertiary/aromatic N) is 1. The fourth-order valence-electron chi connectivity index (χ4n) is 1.48. The summed E-state index contributed by atoms with van der Waals surface area (Å²) in [5, 5.41) is 7.91. The lowest BCUT2D eigenvalue weighted by Gasteiger charge is -2.22. The molecule has 1 N–H and O–H groups in total. The molecule has 65 valence electrons. The lowest BCUT2D eigenvalue weighted by atomic mass is 10.1. The Morgan fingerprint density at radius 2 is 2.36 bits per heavy atom. The second-order valence-electron chi connectivity index (χ2n) is 3.26. The third kappa shape index (κ3) is 3.73. The first-order valence-corrected chi connectivity index (χ1v) is 4.81. The molecule has 1 unspecified atom stereocenters. The molecule has 0 aliphatic carbocycles. The van der Waals surface area contributed by atoms with E-state index in [1.165, 1.54) is 25.7 Å². The van der Waals surface area contributed by atoms with Gasteiger partial charge in [0, 0.05) is 25.7 Å². The van der Waals surface area contributed by atoms with Crippen LogP contribution < -0.4 is 10.6 Å². The van der Waals surface area contributed by atoms with E-state index in [-0.39, 0.29) is 0 Å². The van der Waals surface area contributed by atoms with Gasteiger partial charge in [0.25, 0.3) is 0 Å². The van der Waals surface area contributed by atoms with E-state index in [9.17, 15) is 0 Å². The van der Waals surface area contributed by atoms with Crippen molar-refractivity contribution in [1.82, 2.24) is 10.6 Å². The van der Waals surface area contributed by atoms with Crippen LogP contribution in [-0.2, 0) is 0 Å². The highest BCUT2D eigenvalue weighted by atomic mass is 15.0. The predicted octanol–water partition coefficient (Wildman–Crippen LogP) is 1.14. The van der Waals surface area contributed by atoms with Crippen molar-refractivity contribution < 1.29 is 0 Å². The van der Waals surface area contributed by atoms with Gasteiger partial charge in [-0.2, -0.15) is 0 Å². The van der Waals surface area contributed by atoms with Crippen LogP contribution in [0.5, 0.6) is 0 Å². The Labute approximate surface area is 69.8 Å². The van der Waals surface area contributed by atoms with E-state index in [2.05, 4.69) is 17.6 Å².